The Hall–Kier alpha value is -2.45. The summed E-state index contributed by atoms with van der Waals surface area (Å²) in [7, 11) is 0. The molecule has 108 valence electrons. The lowest BCUT2D eigenvalue weighted by molar-refractivity contribution is 0.0365. The lowest BCUT2D eigenvalue weighted by Crippen LogP contribution is -2.47. The van der Waals surface area contributed by atoms with Crippen molar-refractivity contribution in [1.82, 2.24) is 15.0 Å². The topological polar surface area (TPSA) is 129 Å². The molecule has 2 saturated heterocycles. The van der Waals surface area contributed by atoms with Crippen LogP contribution in [0.2, 0.25) is 0 Å². The number of anilines is 2. The first-order chi connectivity index (χ1) is 9.49. The molecule has 0 saturated carbocycles. The molecule has 1 aromatic heterocycles. The first kappa shape index (κ1) is 12.6. The van der Waals surface area contributed by atoms with Gasteiger partial charge in [0, 0.05) is 32.0 Å². The molecule has 2 fully saturated rings. The van der Waals surface area contributed by atoms with Crippen molar-refractivity contribution in [3.8, 4) is 0 Å². The number of nitrogen functional groups attached to an aromatic ring is 1. The van der Waals surface area contributed by atoms with Crippen molar-refractivity contribution in [2.24, 2.45) is 0 Å². The molecule has 0 bridgehead atoms. The van der Waals surface area contributed by atoms with E-state index in [-0.39, 0.29) is 17.5 Å². The number of nitrogens with zero attached hydrogens (tertiary/aromatic N) is 3. The number of nitrogens with one attached hydrogen (secondary N) is 2. The summed E-state index contributed by atoms with van der Waals surface area (Å²) in [4.78, 5) is 17.1. The lowest BCUT2D eigenvalue weighted by Gasteiger charge is -2.37. The van der Waals surface area contributed by atoms with Crippen LogP contribution in [0.5, 0.6) is 0 Å². The van der Waals surface area contributed by atoms with Gasteiger partial charge in [-0.1, -0.05) is 0 Å². The summed E-state index contributed by atoms with van der Waals surface area (Å²) in [6, 6.07) is 1.52. The fourth-order valence-corrected chi connectivity index (χ4v) is 2.59. The molecule has 2 aliphatic rings. The highest BCUT2D eigenvalue weighted by atomic mass is 16.6. The van der Waals surface area contributed by atoms with Gasteiger partial charge in [0.1, 0.15) is 17.2 Å². The van der Waals surface area contributed by atoms with E-state index in [4.69, 9.17) is 15.9 Å². The highest BCUT2D eigenvalue weighted by molar-refractivity contribution is 5.70. The van der Waals surface area contributed by atoms with E-state index in [1.807, 2.05) is 4.90 Å². The second-order valence-corrected chi connectivity index (χ2v) is 5.09. The molecule has 0 radical (unpaired) electrons. The number of piperidine rings is 1. The molecule has 1 spiro atoms. The van der Waals surface area contributed by atoms with Crippen LogP contribution in [0.15, 0.2) is 6.07 Å². The highest BCUT2D eigenvalue weighted by Crippen LogP contribution is 2.30. The number of hydrogen-bond acceptors (Lipinski definition) is 7. The highest BCUT2D eigenvalue weighted by Gasteiger charge is 2.43. The van der Waals surface area contributed by atoms with Gasteiger partial charge in [0.15, 0.2) is 0 Å². The van der Waals surface area contributed by atoms with Crippen molar-refractivity contribution in [1.29, 1.82) is 5.41 Å². The molecular formula is C11H16N6O3. The molecule has 1 aromatic rings. The number of hydrogen-bond donors (Lipinski definition) is 4. The summed E-state index contributed by atoms with van der Waals surface area (Å²) >= 11 is 0. The third kappa shape index (κ3) is 2.00. The Bertz CT molecular complexity index is 605. The Morgan fingerprint density at radius 1 is 1.50 bits per heavy atom. The van der Waals surface area contributed by atoms with Crippen molar-refractivity contribution in [3.05, 3.63) is 11.7 Å². The van der Waals surface area contributed by atoms with Crippen LogP contribution in [0.3, 0.4) is 0 Å². The Balaban J connectivity index is 1.75. The van der Waals surface area contributed by atoms with Crippen LogP contribution in [-0.2, 0) is 4.74 Å². The van der Waals surface area contributed by atoms with Crippen molar-refractivity contribution in [2.45, 2.75) is 18.4 Å². The zero-order chi connectivity index (χ0) is 14.3. The maximum atomic E-state index is 11.2. The predicted octanol–water partition coefficient (Wildman–Crippen LogP) is -0.739. The first-order valence-corrected chi connectivity index (χ1v) is 6.34. The monoisotopic (exact) mass is 280 g/mol. The van der Waals surface area contributed by atoms with E-state index in [2.05, 4.69) is 10.3 Å². The average molecular weight is 280 g/mol. The van der Waals surface area contributed by atoms with E-state index in [0.29, 0.717) is 43.0 Å². The second kappa shape index (κ2) is 4.29. The molecule has 5 N–H and O–H groups in total. The van der Waals surface area contributed by atoms with Gasteiger partial charge in [0.05, 0.1) is 6.54 Å². The molecule has 3 heterocycles. The van der Waals surface area contributed by atoms with Crippen molar-refractivity contribution < 1.29 is 14.7 Å². The minimum atomic E-state index is -0.422. The van der Waals surface area contributed by atoms with Crippen molar-refractivity contribution in [3.63, 3.8) is 0 Å². The summed E-state index contributed by atoms with van der Waals surface area (Å²) in [5.41, 5.74) is 4.88. The summed E-state index contributed by atoms with van der Waals surface area (Å²) in [5, 5.41) is 19.6. The normalized spacial score (nSPS) is 20.8. The second-order valence-electron chi connectivity index (χ2n) is 5.09. The molecule has 0 aromatic carbocycles. The maximum absolute atomic E-state index is 11.2. The van der Waals surface area contributed by atoms with Crippen LogP contribution in [0.1, 0.15) is 12.8 Å². The zero-order valence-corrected chi connectivity index (χ0v) is 10.8. The SMILES string of the molecule is N=c1nc(N2CCC3(CC2)CNC(=O)O3)cc(N)n1O. The van der Waals surface area contributed by atoms with Gasteiger partial charge in [-0.15, -0.1) is 4.73 Å². The summed E-state index contributed by atoms with van der Waals surface area (Å²) < 4.78 is 5.86. The van der Waals surface area contributed by atoms with Crippen LogP contribution in [-0.4, -0.2) is 46.3 Å². The summed E-state index contributed by atoms with van der Waals surface area (Å²) in [6.45, 7) is 1.83. The van der Waals surface area contributed by atoms with Crippen molar-refractivity contribution >= 4 is 17.7 Å². The van der Waals surface area contributed by atoms with Gasteiger partial charge >= 0.3 is 6.09 Å². The van der Waals surface area contributed by atoms with Crippen LogP contribution in [0.4, 0.5) is 16.4 Å². The number of rotatable bonds is 1. The molecule has 20 heavy (non-hydrogen) atoms. The Morgan fingerprint density at radius 2 is 2.20 bits per heavy atom. The van der Waals surface area contributed by atoms with Gasteiger partial charge in [-0.3, -0.25) is 5.41 Å². The van der Waals surface area contributed by atoms with Crippen LogP contribution in [0.25, 0.3) is 0 Å². The predicted molar refractivity (Wildman–Crippen MR) is 68.3 cm³/mol. The number of alkyl carbamates (subject to hydrolysis) is 1. The largest absolute Gasteiger partial charge is 0.441 e. The van der Waals surface area contributed by atoms with E-state index < -0.39 is 5.60 Å². The molecule has 0 aliphatic carbocycles. The van der Waals surface area contributed by atoms with Gasteiger partial charge in [-0.2, -0.15) is 4.98 Å². The van der Waals surface area contributed by atoms with E-state index in [1.54, 1.807) is 0 Å². The van der Waals surface area contributed by atoms with E-state index in [1.165, 1.54) is 6.07 Å². The minimum Gasteiger partial charge on any atom is -0.441 e. The number of carbonyl (C=O) groups is 1. The maximum Gasteiger partial charge on any atom is 0.407 e. The molecule has 0 atom stereocenters. The minimum absolute atomic E-state index is 0.0641. The van der Waals surface area contributed by atoms with Crippen molar-refractivity contribution in [2.75, 3.05) is 30.3 Å². The molecule has 2 aliphatic heterocycles. The molecular weight excluding hydrogens is 264 g/mol. The Morgan fingerprint density at radius 3 is 2.75 bits per heavy atom. The standard InChI is InChI=1S/C11H16N6O3/c12-7-5-8(15-9(13)17(7)19)16-3-1-11(2-4-16)6-14-10(18)20-11/h5,13,19H,1-4,6,12H2,(H,14,18). The molecule has 3 rings (SSSR count). The zero-order valence-electron chi connectivity index (χ0n) is 10.8. The molecule has 9 nitrogen and oxygen atoms in total. The fourth-order valence-electron chi connectivity index (χ4n) is 2.59. The van der Waals surface area contributed by atoms with Gasteiger partial charge in [-0.25, -0.2) is 4.79 Å². The van der Waals surface area contributed by atoms with Gasteiger partial charge in [0.25, 0.3) is 5.62 Å². The molecule has 9 heteroatoms. The third-order valence-corrected chi connectivity index (χ3v) is 3.81. The quantitative estimate of drug-likeness (QED) is 0.501. The third-order valence-electron chi connectivity index (χ3n) is 3.81. The van der Waals surface area contributed by atoms with Gasteiger partial charge in [-0.05, 0) is 0 Å². The first-order valence-electron chi connectivity index (χ1n) is 6.34. The number of nitrogens with two attached hydrogens (primary N) is 1. The van der Waals surface area contributed by atoms with Gasteiger partial charge < -0.3 is 25.9 Å². The van der Waals surface area contributed by atoms with E-state index in [0.717, 1.165) is 0 Å². The van der Waals surface area contributed by atoms with Crippen LogP contribution >= 0.6 is 0 Å². The lowest BCUT2D eigenvalue weighted by atomic mass is 9.92. The number of amides is 1. The van der Waals surface area contributed by atoms with Gasteiger partial charge in [0.2, 0.25) is 0 Å². The number of carbonyl (C=O) groups excluding carboxylic acids is 1. The summed E-state index contributed by atoms with van der Waals surface area (Å²) in [5.74, 6) is 0.610. The Kier molecular flexibility index (Phi) is 2.70. The Labute approximate surface area is 114 Å². The average Bonchev–Trinajstić information content (AvgIpc) is 2.77. The fraction of sp³-hybridized carbons (Fsp3) is 0.545. The number of ether oxygens (including phenoxy) is 1. The molecule has 1 amide bonds. The number of aromatic nitrogens is 2. The van der Waals surface area contributed by atoms with Crippen LogP contribution < -0.4 is 21.6 Å². The van der Waals surface area contributed by atoms with Crippen LogP contribution in [0, 0.1) is 5.41 Å². The summed E-state index contributed by atoms with van der Waals surface area (Å²) in [6.07, 6.45) is 1.01. The molecule has 0 unspecified atom stereocenters. The smallest absolute Gasteiger partial charge is 0.407 e. The van der Waals surface area contributed by atoms with E-state index >= 15 is 0 Å². The van der Waals surface area contributed by atoms with E-state index in [9.17, 15) is 10.0 Å².